The van der Waals surface area contributed by atoms with E-state index >= 15 is 0 Å². The second kappa shape index (κ2) is 4.09. The van der Waals surface area contributed by atoms with Gasteiger partial charge in [0.05, 0.1) is 18.1 Å². The zero-order valence-electron chi connectivity index (χ0n) is 9.54. The fraction of sp³-hybridized carbons (Fsp3) is 0.273. The molecule has 0 spiro atoms. The number of carboxylic acids is 1. The monoisotopic (exact) mass is 268 g/mol. The highest BCUT2D eigenvalue weighted by molar-refractivity contribution is 7.90. The Balaban J connectivity index is 2.64. The summed E-state index contributed by atoms with van der Waals surface area (Å²) in [5.41, 5.74) is 0.656. The fourth-order valence-electron chi connectivity index (χ4n) is 1.96. The maximum atomic E-state index is 12.0. The number of amides is 1. The molecule has 0 atom stereocenters. The van der Waals surface area contributed by atoms with Gasteiger partial charge in [-0.05, 0) is 18.1 Å². The molecule has 0 aromatic heterocycles. The maximum Gasteiger partial charge on any atom is 0.269 e. The van der Waals surface area contributed by atoms with Crippen molar-refractivity contribution in [1.29, 1.82) is 0 Å². The Morgan fingerprint density at radius 3 is 2.61 bits per heavy atom. The van der Waals surface area contributed by atoms with Crippen molar-refractivity contribution in [2.45, 2.75) is 18.2 Å². The minimum atomic E-state index is -4.06. The topological polar surface area (TPSA) is 94.6 Å². The molecule has 1 aliphatic rings. The van der Waals surface area contributed by atoms with E-state index in [9.17, 15) is 23.1 Å². The molecular formula is C11H10NO5S-. The summed E-state index contributed by atoms with van der Waals surface area (Å²) in [5, 5.41) is 10.5. The number of hydrogen-bond donors (Lipinski definition) is 0. The van der Waals surface area contributed by atoms with Crippen molar-refractivity contribution >= 4 is 21.9 Å². The number of sulfonamides is 1. The summed E-state index contributed by atoms with van der Waals surface area (Å²) in [7, 11) is -4.06. The van der Waals surface area contributed by atoms with Gasteiger partial charge < -0.3 is 9.90 Å². The minimum Gasteiger partial charge on any atom is -0.548 e. The SMILES string of the molecule is CCc1cccc2c1C(=O)N(CC(=O)[O-])S2(=O)=O. The summed E-state index contributed by atoms with van der Waals surface area (Å²) in [6.45, 7) is 0.829. The Bertz CT molecular complexity index is 635. The molecule has 1 aromatic carbocycles. The average Bonchev–Trinajstić information content (AvgIpc) is 2.50. The first-order valence-electron chi connectivity index (χ1n) is 5.28. The van der Waals surface area contributed by atoms with Gasteiger partial charge in [0, 0.05) is 0 Å². The summed E-state index contributed by atoms with van der Waals surface area (Å²) < 4.78 is 24.4. The first-order valence-corrected chi connectivity index (χ1v) is 6.72. The van der Waals surface area contributed by atoms with Gasteiger partial charge in [-0.3, -0.25) is 4.79 Å². The van der Waals surface area contributed by atoms with Crippen molar-refractivity contribution in [2.24, 2.45) is 0 Å². The van der Waals surface area contributed by atoms with Crippen LogP contribution in [0.3, 0.4) is 0 Å². The van der Waals surface area contributed by atoms with Gasteiger partial charge >= 0.3 is 0 Å². The van der Waals surface area contributed by atoms with Crippen LogP contribution in [0.15, 0.2) is 23.1 Å². The van der Waals surface area contributed by atoms with Gasteiger partial charge in [0.15, 0.2) is 0 Å². The van der Waals surface area contributed by atoms with Crippen molar-refractivity contribution in [3.05, 3.63) is 29.3 Å². The van der Waals surface area contributed by atoms with Crippen molar-refractivity contribution < 1.29 is 23.1 Å². The number of fused-ring (bicyclic) bond motifs is 1. The summed E-state index contributed by atoms with van der Waals surface area (Å²) in [4.78, 5) is 22.4. The molecule has 1 amide bonds. The van der Waals surface area contributed by atoms with Gasteiger partial charge in [0.1, 0.15) is 4.90 Å². The standard InChI is InChI=1S/C11H11NO5S/c1-2-7-4-3-5-8-10(7)11(15)12(6-9(13)14)18(8,16)17/h3-5H,2,6H2,1H3,(H,13,14)/p-1. The molecule has 0 aliphatic carbocycles. The molecule has 96 valence electrons. The van der Waals surface area contributed by atoms with Crippen LogP contribution in [0.25, 0.3) is 0 Å². The average molecular weight is 268 g/mol. The predicted molar refractivity (Wildman–Crippen MR) is 59.0 cm³/mol. The third-order valence-corrected chi connectivity index (χ3v) is 4.55. The van der Waals surface area contributed by atoms with E-state index in [1.54, 1.807) is 13.0 Å². The largest absolute Gasteiger partial charge is 0.548 e. The number of rotatable bonds is 3. The molecular weight excluding hydrogens is 258 g/mol. The maximum absolute atomic E-state index is 12.0. The van der Waals surface area contributed by atoms with Gasteiger partial charge in [-0.15, -0.1) is 0 Å². The third kappa shape index (κ3) is 1.67. The van der Waals surface area contributed by atoms with E-state index in [1.807, 2.05) is 0 Å². The molecule has 1 aromatic rings. The number of benzene rings is 1. The Hall–Kier alpha value is -1.89. The van der Waals surface area contributed by atoms with Crippen LogP contribution in [0, 0.1) is 0 Å². The van der Waals surface area contributed by atoms with Gasteiger partial charge in [0.2, 0.25) is 0 Å². The highest BCUT2D eigenvalue weighted by Gasteiger charge is 2.42. The Morgan fingerprint density at radius 1 is 1.39 bits per heavy atom. The van der Waals surface area contributed by atoms with Crippen molar-refractivity contribution in [3.8, 4) is 0 Å². The van der Waals surface area contributed by atoms with Crippen LogP contribution in [-0.4, -0.2) is 31.1 Å². The number of aliphatic carboxylic acids is 1. The van der Waals surface area contributed by atoms with E-state index < -0.39 is 28.4 Å². The summed E-state index contributed by atoms with van der Waals surface area (Å²) >= 11 is 0. The molecule has 1 aliphatic heterocycles. The molecule has 7 heteroatoms. The number of carboxylic acid groups (broad SMARTS) is 1. The van der Waals surface area contributed by atoms with Gasteiger partial charge in [-0.25, -0.2) is 12.7 Å². The molecule has 2 rings (SSSR count). The number of hydrogen-bond acceptors (Lipinski definition) is 5. The number of carbonyl (C=O) groups is 2. The van der Waals surface area contributed by atoms with Gasteiger partial charge in [-0.2, -0.15) is 0 Å². The highest BCUT2D eigenvalue weighted by atomic mass is 32.2. The highest BCUT2D eigenvalue weighted by Crippen LogP contribution is 2.32. The van der Waals surface area contributed by atoms with E-state index in [0.717, 1.165) is 0 Å². The molecule has 6 nitrogen and oxygen atoms in total. The van der Waals surface area contributed by atoms with Gasteiger partial charge in [-0.1, -0.05) is 19.1 Å². The predicted octanol–water partition coefficient (Wildman–Crippen LogP) is -0.857. The van der Waals surface area contributed by atoms with Crippen LogP contribution < -0.4 is 5.11 Å². The summed E-state index contributed by atoms with van der Waals surface area (Å²) in [5.74, 6) is -2.41. The molecule has 0 saturated heterocycles. The molecule has 0 fully saturated rings. The molecule has 0 radical (unpaired) electrons. The fourth-order valence-corrected chi connectivity index (χ4v) is 3.50. The molecule has 0 unspecified atom stereocenters. The smallest absolute Gasteiger partial charge is 0.269 e. The normalized spacial score (nSPS) is 16.7. The van der Waals surface area contributed by atoms with Crippen molar-refractivity contribution in [3.63, 3.8) is 0 Å². The molecule has 1 heterocycles. The van der Waals surface area contributed by atoms with Crippen LogP contribution in [0.1, 0.15) is 22.8 Å². The van der Waals surface area contributed by atoms with Crippen molar-refractivity contribution in [1.82, 2.24) is 4.31 Å². The van der Waals surface area contributed by atoms with Crippen LogP contribution in [-0.2, 0) is 21.2 Å². The van der Waals surface area contributed by atoms with Gasteiger partial charge in [0.25, 0.3) is 15.9 Å². The van der Waals surface area contributed by atoms with Crippen LogP contribution in [0.4, 0.5) is 0 Å². The summed E-state index contributed by atoms with van der Waals surface area (Å²) in [6.07, 6.45) is 0.490. The molecule has 0 saturated carbocycles. The Labute approximate surface area is 104 Å². The third-order valence-electron chi connectivity index (χ3n) is 2.77. The second-order valence-electron chi connectivity index (χ2n) is 3.83. The Kier molecular flexibility index (Phi) is 2.86. The molecule has 0 bridgehead atoms. The lowest BCUT2D eigenvalue weighted by atomic mass is 10.0. The quantitative estimate of drug-likeness (QED) is 0.711. The minimum absolute atomic E-state index is 0.0706. The number of nitrogens with zero attached hydrogens (tertiary/aromatic N) is 1. The van der Waals surface area contributed by atoms with E-state index in [1.165, 1.54) is 12.1 Å². The van der Waals surface area contributed by atoms with Crippen LogP contribution in [0.2, 0.25) is 0 Å². The lowest BCUT2D eigenvalue weighted by Crippen LogP contribution is -2.41. The first-order chi connectivity index (χ1) is 8.39. The number of aryl methyl sites for hydroxylation is 1. The second-order valence-corrected chi connectivity index (χ2v) is 5.66. The van der Waals surface area contributed by atoms with E-state index in [0.29, 0.717) is 16.3 Å². The van der Waals surface area contributed by atoms with E-state index in [4.69, 9.17) is 0 Å². The first kappa shape index (κ1) is 12.6. The van der Waals surface area contributed by atoms with Crippen LogP contribution >= 0.6 is 0 Å². The lowest BCUT2D eigenvalue weighted by Gasteiger charge is -2.15. The number of carbonyl (C=O) groups excluding carboxylic acids is 2. The zero-order chi connectivity index (χ0) is 13.5. The van der Waals surface area contributed by atoms with Crippen LogP contribution in [0.5, 0.6) is 0 Å². The molecule has 0 N–H and O–H groups in total. The summed E-state index contributed by atoms with van der Waals surface area (Å²) in [6, 6.07) is 4.48. The van der Waals surface area contributed by atoms with Crippen molar-refractivity contribution in [2.75, 3.05) is 6.54 Å². The van der Waals surface area contributed by atoms with E-state index in [-0.39, 0.29) is 10.5 Å². The zero-order valence-corrected chi connectivity index (χ0v) is 10.4. The molecule has 18 heavy (non-hydrogen) atoms. The Morgan fingerprint density at radius 2 is 2.06 bits per heavy atom. The lowest BCUT2D eigenvalue weighted by molar-refractivity contribution is -0.304. The van der Waals surface area contributed by atoms with E-state index in [2.05, 4.69) is 0 Å².